The molecule has 0 saturated carbocycles. The van der Waals surface area contributed by atoms with Crippen LogP contribution < -0.4 is 19.1 Å². The van der Waals surface area contributed by atoms with Gasteiger partial charge in [0.25, 0.3) is 10.0 Å². The standard InChI is InChI=1S/C15H19N3O4S/c1-18(2)15-8-5-11(10-16-15)17-23(19,20)12-6-7-13(21-3)14(9-12)22-4/h5-10,17H,1-4H3. The quantitative estimate of drug-likeness (QED) is 0.868. The highest BCUT2D eigenvalue weighted by molar-refractivity contribution is 7.92. The Hall–Kier alpha value is -2.48. The normalized spacial score (nSPS) is 11.0. The summed E-state index contributed by atoms with van der Waals surface area (Å²) in [6.45, 7) is 0. The molecule has 0 radical (unpaired) electrons. The Balaban J connectivity index is 2.28. The van der Waals surface area contributed by atoms with Gasteiger partial charge in [-0.25, -0.2) is 13.4 Å². The van der Waals surface area contributed by atoms with Crippen molar-refractivity contribution < 1.29 is 17.9 Å². The van der Waals surface area contributed by atoms with Gasteiger partial charge in [0.15, 0.2) is 11.5 Å². The number of rotatable bonds is 6. The van der Waals surface area contributed by atoms with Crippen LogP contribution in [0.2, 0.25) is 0 Å². The molecule has 0 aliphatic carbocycles. The Morgan fingerprint density at radius 2 is 1.74 bits per heavy atom. The molecule has 0 saturated heterocycles. The number of sulfonamides is 1. The van der Waals surface area contributed by atoms with Crippen LogP contribution in [0.5, 0.6) is 11.5 Å². The van der Waals surface area contributed by atoms with Crippen molar-refractivity contribution in [3.05, 3.63) is 36.5 Å². The number of hydrogen-bond acceptors (Lipinski definition) is 6. The molecule has 0 spiro atoms. The van der Waals surface area contributed by atoms with Crippen LogP contribution in [0.15, 0.2) is 41.4 Å². The average Bonchev–Trinajstić information content (AvgIpc) is 2.54. The fourth-order valence-electron chi connectivity index (χ4n) is 1.91. The Labute approximate surface area is 135 Å². The molecule has 8 heteroatoms. The Bertz CT molecular complexity index is 774. The molecule has 1 aromatic heterocycles. The molecule has 124 valence electrons. The summed E-state index contributed by atoms with van der Waals surface area (Å²) < 4.78 is 37.6. The topological polar surface area (TPSA) is 80.8 Å². The van der Waals surface area contributed by atoms with Gasteiger partial charge in [0.05, 0.1) is 31.0 Å². The number of methoxy groups -OCH3 is 2. The first kappa shape index (κ1) is 16.9. The molecule has 0 atom stereocenters. The first-order valence-corrected chi connectivity index (χ1v) is 8.24. The summed E-state index contributed by atoms with van der Waals surface area (Å²) in [5.41, 5.74) is 0.380. The molecule has 0 aliphatic rings. The summed E-state index contributed by atoms with van der Waals surface area (Å²) in [6.07, 6.45) is 1.47. The minimum absolute atomic E-state index is 0.0758. The van der Waals surface area contributed by atoms with Crippen LogP contribution in [0.3, 0.4) is 0 Å². The van der Waals surface area contributed by atoms with Crippen molar-refractivity contribution in [1.29, 1.82) is 0 Å². The molecule has 7 nitrogen and oxygen atoms in total. The van der Waals surface area contributed by atoms with E-state index in [1.165, 1.54) is 32.5 Å². The summed E-state index contributed by atoms with van der Waals surface area (Å²) in [6, 6.07) is 7.78. The molecule has 1 N–H and O–H groups in total. The minimum atomic E-state index is -3.74. The maximum absolute atomic E-state index is 12.4. The molecule has 0 bridgehead atoms. The van der Waals surface area contributed by atoms with E-state index in [-0.39, 0.29) is 4.90 Å². The van der Waals surface area contributed by atoms with Crippen molar-refractivity contribution in [2.45, 2.75) is 4.90 Å². The zero-order valence-corrected chi connectivity index (χ0v) is 14.2. The van der Waals surface area contributed by atoms with E-state index in [1.807, 2.05) is 19.0 Å². The van der Waals surface area contributed by atoms with Crippen molar-refractivity contribution in [2.75, 3.05) is 37.9 Å². The van der Waals surface area contributed by atoms with Crippen LogP contribution in [-0.4, -0.2) is 41.7 Å². The SMILES string of the molecule is COc1ccc(S(=O)(=O)Nc2ccc(N(C)C)nc2)cc1OC. The van der Waals surface area contributed by atoms with E-state index >= 15 is 0 Å². The number of ether oxygens (including phenoxy) is 2. The number of anilines is 2. The van der Waals surface area contributed by atoms with Crippen molar-refractivity contribution in [3.63, 3.8) is 0 Å². The third-order valence-electron chi connectivity index (χ3n) is 3.12. The van der Waals surface area contributed by atoms with Gasteiger partial charge in [0.1, 0.15) is 5.82 Å². The second-order valence-electron chi connectivity index (χ2n) is 4.92. The van der Waals surface area contributed by atoms with Crippen LogP contribution in [-0.2, 0) is 10.0 Å². The number of pyridine rings is 1. The average molecular weight is 337 g/mol. The summed E-state index contributed by atoms with van der Waals surface area (Å²) in [5, 5.41) is 0. The summed E-state index contributed by atoms with van der Waals surface area (Å²) in [7, 11) is 2.91. The molecular weight excluding hydrogens is 318 g/mol. The first-order valence-electron chi connectivity index (χ1n) is 6.75. The second kappa shape index (κ2) is 6.74. The Morgan fingerprint density at radius 1 is 1.04 bits per heavy atom. The van der Waals surface area contributed by atoms with Gasteiger partial charge in [-0.3, -0.25) is 4.72 Å². The Morgan fingerprint density at radius 3 is 2.26 bits per heavy atom. The van der Waals surface area contributed by atoms with Crippen molar-refractivity contribution in [2.24, 2.45) is 0 Å². The highest BCUT2D eigenvalue weighted by atomic mass is 32.2. The molecule has 0 amide bonds. The molecule has 1 aromatic carbocycles. The van der Waals surface area contributed by atoms with E-state index in [1.54, 1.807) is 18.2 Å². The van der Waals surface area contributed by atoms with E-state index in [2.05, 4.69) is 9.71 Å². The second-order valence-corrected chi connectivity index (χ2v) is 6.60. The fourth-order valence-corrected chi connectivity index (χ4v) is 2.97. The highest BCUT2D eigenvalue weighted by Crippen LogP contribution is 2.30. The zero-order valence-electron chi connectivity index (χ0n) is 13.4. The maximum Gasteiger partial charge on any atom is 0.262 e. The molecule has 0 fully saturated rings. The number of benzene rings is 1. The lowest BCUT2D eigenvalue weighted by atomic mass is 10.3. The van der Waals surface area contributed by atoms with E-state index in [9.17, 15) is 8.42 Å². The largest absolute Gasteiger partial charge is 0.493 e. The van der Waals surface area contributed by atoms with Crippen LogP contribution in [0.25, 0.3) is 0 Å². The van der Waals surface area contributed by atoms with Gasteiger partial charge in [0, 0.05) is 20.2 Å². The van der Waals surface area contributed by atoms with Crippen LogP contribution in [0.4, 0.5) is 11.5 Å². The lowest BCUT2D eigenvalue weighted by Crippen LogP contribution is -2.14. The van der Waals surface area contributed by atoms with Crippen molar-refractivity contribution in [3.8, 4) is 11.5 Å². The molecule has 2 aromatic rings. The molecule has 0 unspecified atom stereocenters. The molecule has 23 heavy (non-hydrogen) atoms. The molecular formula is C15H19N3O4S. The van der Waals surface area contributed by atoms with Crippen LogP contribution in [0, 0.1) is 0 Å². The maximum atomic E-state index is 12.4. The number of hydrogen-bond donors (Lipinski definition) is 1. The first-order chi connectivity index (χ1) is 10.9. The monoisotopic (exact) mass is 337 g/mol. The van der Waals surface area contributed by atoms with Gasteiger partial charge in [-0.05, 0) is 24.3 Å². The molecule has 0 aliphatic heterocycles. The molecule has 2 rings (SSSR count). The summed E-state index contributed by atoms with van der Waals surface area (Å²) in [4.78, 5) is 6.07. The predicted octanol–water partition coefficient (Wildman–Crippen LogP) is 1.97. The van der Waals surface area contributed by atoms with Crippen molar-refractivity contribution in [1.82, 2.24) is 4.98 Å². The van der Waals surface area contributed by atoms with E-state index in [4.69, 9.17) is 9.47 Å². The third-order valence-corrected chi connectivity index (χ3v) is 4.50. The van der Waals surface area contributed by atoms with E-state index < -0.39 is 10.0 Å². The van der Waals surface area contributed by atoms with E-state index in [0.29, 0.717) is 17.2 Å². The summed E-state index contributed by atoms with van der Waals surface area (Å²) >= 11 is 0. The van der Waals surface area contributed by atoms with Gasteiger partial charge < -0.3 is 14.4 Å². The van der Waals surface area contributed by atoms with Gasteiger partial charge in [-0.1, -0.05) is 0 Å². The predicted molar refractivity (Wildman–Crippen MR) is 88.9 cm³/mol. The van der Waals surface area contributed by atoms with Gasteiger partial charge in [-0.2, -0.15) is 0 Å². The lowest BCUT2D eigenvalue weighted by molar-refractivity contribution is 0.354. The summed E-state index contributed by atoms with van der Waals surface area (Å²) in [5.74, 6) is 1.54. The minimum Gasteiger partial charge on any atom is -0.493 e. The smallest absolute Gasteiger partial charge is 0.262 e. The molecule has 1 heterocycles. The van der Waals surface area contributed by atoms with E-state index in [0.717, 1.165) is 5.82 Å². The van der Waals surface area contributed by atoms with Crippen LogP contribution in [0.1, 0.15) is 0 Å². The third kappa shape index (κ3) is 3.84. The van der Waals surface area contributed by atoms with Crippen molar-refractivity contribution >= 4 is 21.5 Å². The Kier molecular flexibility index (Phi) is 4.95. The van der Waals surface area contributed by atoms with Crippen LogP contribution >= 0.6 is 0 Å². The zero-order chi connectivity index (χ0) is 17.0. The number of nitrogens with one attached hydrogen (secondary N) is 1. The van der Waals surface area contributed by atoms with Gasteiger partial charge >= 0.3 is 0 Å². The fraction of sp³-hybridized carbons (Fsp3) is 0.267. The number of aromatic nitrogens is 1. The highest BCUT2D eigenvalue weighted by Gasteiger charge is 2.17. The lowest BCUT2D eigenvalue weighted by Gasteiger charge is -2.13. The van der Waals surface area contributed by atoms with Gasteiger partial charge in [0.2, 0.25) is 0 Å². The number of nitrogens with zero attached hydrogens (tertiary/aromatic N) is 2. The van der Waals surface area contributed by atoms with Gasteiger partial charge in [-0.15, -0.1) is 0 Å².